The van der Waals surface area contributed by atoms with E-state index in [1.807, 2.05) is 4.57 Å². The number of hydrogen-bond acceptors (Lipinski definition) is 3. The molecule has 0 fully saturated rings. The lowest BCUT2D eigenvalue weighted by atomic mass is 10.3. The van der Waals surface area contributed by atoms with Gasteiger partial charge in [0.15, 0.2) is 4.77 Å². The molecule has 0 unspecified atom stereocenters. The second-order valence-electron chi connectivity index (χ2n) is 3.69. The number of nitrogens with one attached hydrogen (secondary N) is 1. The minimum Gasteiger partial charge on any atom is -0.320 e. The third kappa shape index (κ3) is 2.31. The quantitative estimate of drug-likeness (QED) is 0.834. The first-order valence-corrected chi connectivity index (χ1v) is 6.14. The highest BCUT2D eigenvalue weighted by Gasteiger charge is 2.02. The summed E-state index contributed by atoms with van der Waals surface area (Å²) in [6.07, 6.45) is 1.73. The van der Waals surface area contributed by atoms with Crippen molar-refractivity contribution < 1.29 is 0 Å². The van der Waals surface area contributed by atoms with Crippen LogP contribution in [0.4, 0.5) is 0 Å². The minimum absolute atomic E-state index is 0.153. The molecule has 0 amide bonds. The fourth-order valence-corrected chi connectivity index (χ4v) is 2.74. The topological polar surface area (TPSA) is 37.8 Å². The molecule has 0 aliphatic carbocycles. The molecule has 0 saturated heterocycles. The molecule has 1 N–H and O–H groups in total. The normalized spacial score (nSPS) is 10.6. The third-order valence-corrected chi connectivity index (χ3v) is 3.91. The van der Waals surface area contributed by atoms with Gasteiger partial charge in [-0.3, -0.25) is 9.78 Å². The van der Waals surface area contributed by atoms with Crippen molar-refractivity contribution in [3.05, 3.63) is 48.8 Å². The van der Waals surface area contributed by atoms with Crippen LogP contribution in [0.25, 0.3) is 0 Å². The summed E-state index contributed by atoms with van der Waals surface area (Å²) in [5.41, 5.74) is 1.15. The molecule has 16 heavy (non-hydrogen) atoms. The van der Waals surface area contributed by atoms with Gasteiger partial charge in [0, 0.05) is 22.0 Å². The first-order chi connectivity index (χ1) is 7.56. The van der Waals surface area contributed by atoms with Gasteiger partial charge < -0.3 is 4.57 Å². The molecule has 0 spiro atoms. The zero-order valence-corrected chi connectivity index (χ0v) is 10.7. The number of hydrogen-bond donors (Lipinski definition) is 1. The number of thiophene rings is 1. The van der Waals surface area contributed by atoms with Gasteiger partial charge in [0.2, 0.25) is 0 Å². The van der Waals surface area contributed by atoms with Gasteiger partial charge in [0.25, 0.3) is 5.56 Å². The molecule has 0 aromatic carbocycles. The van der Waals surface area contributed by atoms with Crippen LogP contribution >= 0.6 is 23.6 Å². The molecule has 2 rings (SSSR count). The Labute approximate surface area is 102 Å². The second-order valence-corrected chi connectivity index (χ2v) is 5.42. The maximum Gasteiger partial charge on any atom is 0.251 e. The number of H-pyrrole nitrogens is 1. The van der Waals surface area contributed by atoms with Crippen molar-refractivity contribution in [3.63, 3.8) is 0 Å². The zero-order chi connectivity index (χ0) is 11.7. The summed E-state index contributed by atoms with van der Waals surface area (Å²) in [5.74, 6) is 0. The molecule has 0 radical (unpaired) electrons. The molecule has 0 atom stereocenters. The molecule has 5 heteroatoms. The average molecular weight is 252 g/mol. The van der Waals surface area contributed by atoms with Crippen LogP contribution < -0.4 is 5.56 Å². The summed E-state index contributed by atoms with van der Waals surface area (Å²) in [6.45, 7) is 4.92. The van der Waals surface area contributed by atoms with Crippen LogP contribution in [0.3, 0.4) is 0 Å². The molecule has 3 nitrogen and oxygen atoms in total. The molecule has 0 aliphatic rings. The van der Waals surface area contributed by atoms with E-state index in [4.69, 9.17) is 12.2 Å². The Morgan fingerprint density at radius 1 is 1.50 bits per heavy atom. The maximum absolute atomic E-state index is 11.0. The van der Waals surface area contributed by atoms with Crippen molar-refractivity contribution in [3.8, 4) is 0 Å². The van der Waals surface area contributed by atoms with Crippen molar-refractivity contribution in [2.24, 2.45) is 0 Å². The highest BCUT2D eigenvalue weighted by atomic mass is 32.1. The number of aromatic amines is 1. The van der Waals surface area contributed by atoms with Crippen LogP contribution in [0.1, 0.15) is 15.3 Å². The van der Waals surface area contributed by atoms with Gasteiger partial charge in [-0.05, 0) is 37.7 Å². The molecule has 2 heterocycles. The van der Waals surface area contributed by atoms with E-state index in [0.717, 1.165) is 6.54 Å². The Balaban J connectivity index is 2.34. The van der Waals surface area contributed by atoms with E-state index >= 15 is 0 Å². The van der Waals surface area contributed by atoms with Crippen molar-refractivity contribution in [1.29, 1.82) is 0 Å². The average Bonchev–Trinajstić information content (AvgIpc) is 2.51. The Bertz CT molecular complexity index is 602. The lowest BCUT2D eigenvalue weighted by Gasteiger charge is -2.03. The molecule has 0 aliphatic heterocycles. The van der Waals surface area contributed by atoms with E-state index in [1.54, 1.807) is 17.5 Å². The summed E-state index contributed by atoms with van der Waals surface area (Å²) < 4.78 is 2.33. The van der Waals surface area contributed by atoms with Gasteiger partial charge in [0.1, 0.15) is 0 Å². The Morgan fingerprint density at radius 2 is 2.25 bits per heavy atom. The molecule has 84 valence electrons. The van der Waals surface area contributed by atoms with Gasteiger partial charge in [-0.15, -0.1) is 11.3 Å². The van der Waals surface area contributed by atoms with E-state index in [2.05, 4.69) is 24.9 Å². The SMILES string of the molecule is Cc1cc(Cn2ccc(=O)[nH]c2=S)sc1C. The van der Waals surface area contributed by atoms with Crippen molar-refractivity contribution in [2.75, 3.05) is 0 Å². The Hall–Kier alpha value is -1.20. The predicted octanol–water partition coefficient (Wildman–Crippen LogP) is 2.63. The fourth-order valence-electron chi connectivity index (χ4n) is 1.46. The van der Waals surface area contributed by atoms with Crippen LogP contribution in [0.2, 0.25) is 0 Å². The Morgan fingerprint density at radius 3 is 2.81 bits per heavy atom. The summed E-state index contributed by atoms with van der Waals surface area (Å²) in [5, 5.41) is 0. The molecular formula is C11H12N2OS2. The van der Waals surface area contributed by atoms with E-state index < -0.39 is 0 Å². The van der Waals surface area contributed by atoms with Gasteiger partial charge in [-0.25, -0.2) is 0 Å². The highest BCUT2D eigenvalue weighted by Crippen LogP contribution is 2.21. The first-order valence-electron chi connectivity index (χ1n) is 4.92. The van der Waals surface area contributed by atoms with Crippen LogP contribution in [0.5, 0.6) is 0 Å². The summed E-state index contributed by atoms with van der Waals surface area (Å²) in [7, 11) is 0. The van der Waals surface area contributed by atoms with Crippen molar-refractivity contribution in [2.45, 2.75) is 20.4 Å². The fraction of sp³-hybridized carbons (Fsp3) is 0.273. The van der Waals surface area contributed by atoms with E-state index in [0.29, 0.717) is 4.77 Å². The van der Waals surface area contributed by atoms with E-state index in [9.17, 15) is 4.79 Å². The van der Waals surface area contributed by atoms with E-state index in [-0.39, 0.29) is 5.56 Å². The summed E-state index contributed by atoms with van der Waals surface area (Å²) in [6, 6.07) is 3.65. The van der Waals surface area contributed by atoms with Gasteiger partial charge >= 0.3 is 0 Å². The van der Waals surface area contributed by atoms with Crippen molar-refractivity contribution in [1.82, 2.24) is 9.55 Å². The molecule has 0 saturated carbocycles. The predicted molar refractivity (Wildman–Crippen MR) is 68.8 cm³/mol. The third-order valence-electron chi connectivity index (χ3n) is 2.44. The second kappa shape index (κ2) is 4.35. The first kappa shape index (κ1) is 11.3. The van der Waals surface area contributed by atoms with Crippen LogP contribution in [0.15, 0.2) is 23.1 Å². The van der Waals surface area contributed by atoms with Gasteiger partial charge in [0.05, 0.1) is 6.54 Å². The van der Waals surface area contributed by atoms with E-state index in [1.165, 1.54) is 21.4 Å². The number of aryl methyl sites for hydroxylation is 2. The molecule has 0 bridgehead atoms. The highest BCUT2D eigenvalue weighted by molar-refractivity contribution is 7.71. The Kier molecular flexibility index (Phi) is 3.07. The standard InChI is InChI=1S/C11H12N2OS2/c1-7-5-9(16-8(7)2)6-13-4-3-10(14)12-11(13)15/h3-5H,6H2,1-2H3,(H,12,14,15). The molecule has 2 aromatic heterocycles. The number of nitrogens with zero attached hydrogens (tertiary/aromatic N) is 1. The monoisotopic (exact) mass is 252 g/mol. The maximum atomic E-state index is 11.0. The van der Waals surface area contributed by atoms with Gasteiger partial charge in [-0.2, -0.15) is 0 Å². The largest absolute Gasteiger partial charge is 0.320 e. The lowest BCUT2D eigenvalue weighted by molar-refractivity contribution is 0.754. The summed E-state index contributed by atoms with van der Waals surface area (Å²) >= 11 is 6.85. The molecule has 2 aromatic rings. The van der Waals surface area contributed by atoms with Gasteiger partial charge in [-0.1, -0.05) is 0 Å². The van der Waals surface area contributed by atoms with Crippen LogP contribution in [0, 0.1) is 18.6 Å². The molecular weight excluding hydrogens is 240 g/mol. The smallest absolute Gasteiger partial charge is 0.251 e. The van der Waals surface area contributed by atoms with Crippen LogP contribution in [-0.2, 0) is 6.54 Å². The number of aromatic nitrogens is 2. The lowest BCUT2D eigenvalue weighted by Crippen LogP contribution is -2.11. The van der Waals surface area contributed by atoms with Crippen molar-refractivity contribution >= 4 is 23.6 Å². The zero-order valence-electron chi connectivity index (χ0n) is 9.11. The minimum atomic E-state index is -0.153. The number of rotatable bonds is 2. The summed E-state index contributed by atoms with van der Waals surface area (Å²) in [4.78, 5) is 16.2. The van der Waals surface area contributed by atoms with Crippen LogP contribution in [-0.4, -0.2) is 9.55 Å².